The van der Waals surface area contributed by atoms with E-state index in [0.29, 0.717) is 13.1 Å². The van der Waals surface area contributed by atoms with E-state index in [9.17, 15) is 18.0 Å². The van der Waals surface area contributed by atoms with Crippen molar-refractivity contribution in [2.24, 2.45) is 5.92 Å². The third-order valence-corrected chi connectivity index (χ3v) is 3.32. The second-order valence-corrected chi connectivity index (χ2v) is 5.33. The van der Waals surface area contributed by atoms with Crippen LogP contribution in [0.15, 0.2) is 0 Å². The molecule has 7 heteroatoms. The highest BCUT2D eigenvalue weighted by atomic mass is 19.4. The number of alkyl halides is 3. The van der Waals surface area contributed by atoms with Gasteiger partial charge in [-0.25, -0.2) is 0 Å². The van der Waals surface area contributed by atoms with Crippen molar-refractivity contribution in [2.75, 3.05) is 19.6 Å². The van der Waals surface area contributed by atoms with Crippen LogP contribution in [-0.2, 0) is 4.79 Å². The first-order chi connectivity index (χ1) is 8.70. The van der Waals surface area contributed by atoms with E-state index in [0.717, 1.165) is 0 Å². The van der Waals surface area contributed by atoms with Crippen molar-refractivity contribution in [2.45, 2.75) is 44.9 Å². The third-order valence-electron chi connectivity index (χ3n) is 3.32. The SMILES string of the molecule is CC(C)NC(CN1CCC(C(F)(F)F)CC1)C(=O)O. The first-order valence-electron chi connectivity index (χ1n) is 6.48. The minimum absolute atomic E-state index is 0.0221. The Kier molecular flexibility index (Phi) is 5.61. The highest BCUT2D eigenvalue weighted by Gasteiger charge is 2.41. The summed E-state index contributed by atoms with van der Waals surface area (Å²) in [7, 11) is 0. The Balaban J connectivity index is 2.44. The van der Waals surface area contributed by atoms with E-state index in [1.54, 1.807) is 4.90 Å². The highest BCUT2D eigenvalue weighted by Crippen LogP contribution is 2.33. The molecule has 1 aliphatic heterocycles. The molecule has 0 radical (unpaired) electrons. The Hall–Kier alpha value is -0.820. The Morgan fingerprint density at radius 2 is 1.89 bits per heavy atom. The lowest BCUT2D eigenvalue weighted by Gasteiger charge is -2.34. The number of nitrogens with one attached hydrogen (secondary N) is 1. The molecule has 1 rings (SSSR count). The van der Waals surface area contributed by atoms with Gasteiger partial charge in [-0.05, 0) is 25.9 Å². The predicted molar refractivity (Wildman–Crippen MR) is 64.9 cm³/mol. The van der Waals surface area contributed by atoms with Gasteiger partial charge in [0.15, 0.2) is 0 Å². The quantitative estimate of drug-likeness (QED) is 0.806. The van der Waals surface area contributed by atoms with E-state index in [2.05, 4.69) is 5.32 Å². The summed E-state index contributed by atoms with van der Waals surface area (Å²) in [6, 6.07) is -0.712. The zero-order valence-corrected chi connectivity index (χ0v) is 11.2. The van der Waals surface area contributed by atoms with E-state index < -0.39 is 24.1 Å². The number of halogens is 3. The molecular formula is C12H21F3N2O2. The van der Waals surface area contributed by atoms with Gasteiger partial charge in [0.25, 0.3) is 0 Å². The van der Waals surface area contributed by atoms with Crippen LogP contribution in [0.1, 0.15) is 26.7 Å². The molecule has 1 saturated heterocycles. The van der Waals surface area contributed by atoms with Crippen molar-refractivity contribution in [1.29, 1.82) is 0 Å². The van der Waals surface area contributed by atoms with Crippen molar-refractivity contribution in [3.63, 3.8) is 0 Å². The summed E-state index contributed by atoms with van der Waals surface area (Å²) in [6.07, 6.45) is -4.02. The fourth-order valence-electron chi connectivity index (χ4n) is 2.31. The number of piperidine rings is 1. The third kappa shape index (κ3) is 5.36. The van der Waals surface area contributed by atoms with Crippen LogP contribution < -0.4 is 5.32 Å². The van der Waals surface area contributed by atoms with Gasteiger partial charge in [0, 0.05) is 12.6 Å². The Bertz CT molecular complexity index is 300. The maximum atomic E-state index is 12.5. The van der Waals surface area contributed by atoms with Gasteiger partial charge in [-0.15, -0.1) is 0 Å². The summed E-state index contributed by atoms with van der Waals surface area (Å²) >= 11 is 0. The topological polar surface area (TPSA) is 52.6 Å². The number of aliphatic carboxylic acids is 1. The molecule has 1 fully saturated rings. The number of carbonyl (C=O) groups is 1. The number of likely N-dealkylation sites (tertiary alicyclic amines) is 1. The molecule has 0 spiro atoms. The van der Waals surface area contributed by atoms with Crippen LogP contribution in [0.2, 0.25) is 0 Å². The van der Waals surface area contributed by atoms with Crippen molar-refractivity contribution in [3.05, 3.63) is 0 Å². The summed E-state index contributed by atoms with van der Waals surface area (Å²) in [5, 5.41) is 12.0. The van der Waals surface area contributed by atoms with Gasteiger partial charge in [0.2, 0.25) is 0 Å². The molecule has 1 unspecified atom stereocenters. The van der Waals surface area contributed by atoms with Crippen LogP contribution in [0.25, 0.3) is 0 Å². The van der Waals surface area contributed by atoms with Gasteiger partial charge in [0.05, 0.1) is 5.92 Å². The lowest BCUT2D eigenvalue weighted by atomic mass is 9.96. The van der Waals surface area contributed by atoms with Crippen LogP contribution in [-0.4, -0.2) is 53.9 Å². The average molecular weight is 282 g/mol. The molecule has 4 nitrogen and oxygen atoms in total. The van der Waals surface area contributed by atoms with Gasteiger partial charge in [0.1, 0.15) is 6.04 Å². The molecule has 19 heavy (non-hydrogen) atoms. The molecule has 1 heterocycles. The number of nitrogens with zero attached hydrogens (tertiary/aromatic N) is 1. The second kappa shape index (κ2) is 6.56. The minimum Gasteiger partial charge on any atom is -0.480 e. The molecule has 112 valence electrons. The van der Waals surface area contributed by atoms with E-state index in [4.69, 9.17) is 5.11 Å². The molecule has 0 saturated carbocycles. The first-order valence-corrected chi connectivity index (χ1v) is 6.48. The maximum absolute atomic E-state index is 12.5. The summed E-state index contributed by atoms with van der Waals surface area (Å²) < 4.78 is 37.5. The molecule has 0 aromatic carbocycles. The smallest absolute Gasteiger partial charge is 0.391 e. The van der Waals surface area contributed by atoms with Crippen molar-refractivity contribution in [3.8, 4) is 0 Å². The van der Waals surface area contributed by atoms with E-state index in [1.807, 2.05) is 13.8 Å². The highest BCUT2D eigenvalue weighted by molar-refractivity contribution is 5.73. The average Bonchev–Trinajstić information content (AvgIpc) is 2.27. The molecule has 0 aromatic rings. The van der Waals surface area contributed by atoms with Gasteiger partial charge in [-0.2, -0.15) is 13.2 Å². The Labute approximate surface area is 111 Å². The lowest BCUT2D eigenvalue weighted by molar-refractivity contribution is -0.185. The Morgan fingerprint density at radius 1 is 1.37 bits per heavy atom. The summed E-state index contributed by atoms with van der Waals surface area (Å²) in [5.74, 6) is -2.21. The van der Waals surface area contributed by atoms with Gasteiger partial charge in [-0.3, -0.25) is 4.79 Å². The second-order valence-electron chi connectivity index (χ2n) is 5.33. The number of hydrogen-bond acceptors (Lipinski definition) is 3. The van der Waals surface area contributed by atoms with Crippen LogP contribution in [0, 0.1) is 5.92 Å². The van der Waals surface area contributed by atoms with Crippen LogP contribution in [0.4, 0.5) is 13.2 Å². The van der Waals surface area contributed by atoms with Crippen molar-refractivity contribution >= 4 is 5.97 Å². The number of rotatable bonds is 5. The standard InChI is InChI=1S/C12H21F3N2O2/c1-8(2)16-10(11(18)19)7-17-5-3-9(4-6-17)12(13,14)15/h8-10,16H,3-7H2,1-2H3,(H,18,19). The van der Waals surface area contributed by atoms with Crippen LogP contribution >= 0.6 is 0 Å². The molecule has 0 amide bonds. The number of hydrogen-bond donors (Lipinski definition) is 2. The normalized spacial score (nSPS) is 20.7. The van der Waals surface area contributed by atoms with Gasteiger partial charge >= 0.3 is 12.1 Å². The molecule has 2 N–H and O–H groups in total. The van der Waals surface area contributed by atoms with Crippen LogP contribution in [0.5, 0.6) is 0 Å². The molecule has 0 bridgehead atoms. The van der Waals surface area contributed by atoms with E-state index in [-0.39, 0.29) is 25.4 Å². The summed E-state index contributed by atoms with van der Waals surface area (Å²) in [5.41, 5.74) is 0. The summed E-state index contributed by atoms with van der Waals surface area (Å²) in [4.78, 5) is 12.9. The van der Waals surface area contributed by atoms with Crippen molar-refractivity contribution in [1.82, 2.24) is 10.2 Å². The fourth-order valence-corrected chi connectivity index (χ4v) is 2.31. The fraction of sp³-hybridized carbons (Fsp3) is 0.917. The van der Waals surface area contributed by atoms with E-state index >= 15 is 0 Å². The monoisotopic (exact) mass is 282 g/mol. The van der Waals surface area contributed by atoms with Crippen LogP contribution in [0.3, 0.4) is 0 Å². The summed E-state index contributed by atoms with van der Waals surface area (Å²) in [6.45, 7) is 4.53. The first kappa shape index (κ1) is 16.2. The largest absolute Gasteiger partial charge is 0.480 e. The zero-order valence-electron chi connectivity index (χ0n) is 11.2. The zero-order chi connectivity index (χ0) is 14.6. The Morgan fingerprint density at radius 3 is 2.26 bits per heavy atom. The number of carboxylic acid groups (broad SMARTS) is 1. The maximum Gasteiger partial charge on any atom is 0.391 e. The van der Waals surface area contributed by atoms with E-state index in [1.165, 1.54) is 0 Å². The van der Waals surface area contributed by atoms with Crippen molar-refractivity contribution < 1.29 is 23.1 Å². The molecular weight excluding hydrogens is 261 g/mol. The predicted octanol–water partition coefficient (Wildman–Crippen LogP) is 1.71. The number of carboxylic acids is 1. The molecule has 1 aliphatic rings. The molecule has 0 aromatic heterocycles. The minimum atomic E-state index is -4.13. The van der Waals surface area contributed by atoms with Gasteiger partial charge in [-0.1, -0.05) is 13.8 Å². The molecule has 0 aliphatic carbocycles. The van der Waals surface area contributed by atoms with Gasteiger partial charge < -0.3 is 15.3 Å². The lowest BCUT2D eigenvalue weighted by Crippen LogP contribution is -2.50. The molecule has 1 atom stereocenters.